The van der Waals surface area contributed by atoms with Crippen molar-refractivity contribution in [3.63, 3.8) is 0 Å². The van der Waals surface area contributed by atoms with Crippen LogP contribution < -0.4 is 5.32 Å². The van der Waals surface area contributed by atoms with Crippen molar-refractivity contribution in [2.45, 2.75) is 38.3 Å². The van der Waals surface area contributed by atoms with E-state index in [1.165, 1.54) is 16.7 Å². The fourth-order valence-electron chi connectivity index (χ4n) is 3.36. The Hall–Kier alpha value is -2.21. The first-order chi connectivity index (χ1) is 12.1. The van der Waals surface area contributed by atoms with Crippen LogP contribution in [0, 0.1) is 0 Å². The quantitative estimate of drug-likeness (QED) is 0.695. The highest BCUT2D eigenvalue weighted by Crippen LogP contribution is 2.37. The number of aromatic nitrogens is 4. The number of fused-ring (bicyclic) bond motifs is 1. The van der Waals surface area contributed by atoms with E-state index in [0.717, 1.165) is 10.9 Å². The lowest BCUT2D eigenvalue weighted by atomic mass is 9.92. The molecule has 0 saturated carbocycles. The Morgan fingerprint density at radius 1 is 1.12 bits per heavy atom. The van der Waals surface area contributed by atoms with Gasteiger partial charge in [0.25, 0.3) is 0 Å². The fourth-order valence-corrected chi connectivity index (χ4v) is 3.78. The molecular weight excluding hydrogens is 378 g/mol. The van der Waals surface area contributed by atoms with Crippen LogP contribution in [0.1, 0.15) is 55.0 Å². The third-order valence-corrected chi connectivity index (χ3v) is 5.28. The molecule has 0 amide bonds. The average Bonchev–Trinajstić information content (AvgIpc) is 3.09. The molecule has 1 aliphatic heterocycles. The number of hydrogen-bond acceptors (Lipinski definition) is 4. The average molecular weight is 398 g/mol. The van der Waals surface area contributed by atoms with Crippen LogP contribution in [-0.2, 0) is 0 Å². The number of anilines is 1. The van der Waals surface area contributed by atoms with Gasteiger partial charge in [0.05, 0.1) is 12.1 Å². The lowest BCUT2D eigenvalue weighted by Crippen LogP contribution is -2.28. The number of rotatable bonds is 3. The summed E-state index contributed by atoms with van der Waals surface area (Å²) in [6.45, 7) is 4.43. The summed E-state index contributed by atoms with van der Waals surface area (Å²) in [7, 11) is 0. The zero-order valence-corrected chi connectivity index (χ0v) is 15.8. The van der Waals surface area contributed by atoms with Crippen molar-refractivity contribution in [2.75, 3.05) is 5.32 Å². The Kier molecular flexibility index (Phi) is 4.29. The molecule has 6 heteroatoms. The molecule has 0 spiro atoms. The summed E-state index contributed by atoms with van der Waals surface area (Å²) >= 11 is 3.56. The van der Waals surface area contributed by atoms with Crippen molar-refractivity contribution in [3.8, 4) is 0 Å². The number of halogens is 1. The summed E-state index contributed by atoms with van der Waals surface area (Å²) in [6, 6.07) is 17.5. The molecule has 1 N–H and O–H groups in total. The minimum atomic E-state index is 0.110. The predicted octanol–water partition coefficient (Wildman–Crippen LogP) is 4.71. The van der Waals surface area contributed by atoms with Crippen LogP contribution in [0.25, 0.3) is 0 Å². The molecule has 2 unspecified atom stereocenters. The first-order valence-electron chi connectivity index (χ1n) is 8.51. The van der Waals surface area contributed by atoms with E-state index in [9.17, 15) is 0 Å². The van der Waals surface area contributed by atoms with Crippen LogP contribution in [-0.4, -0.2) is 20.2 Å². The number of nitrogens with zero attached hydrogens (tertiary/aromatic N) is 4. The van der Waals surface area contributed by atoms with Gasteiger partial charge < -0.3 is 5.32 Å². The van der Waals surface area contributed by atoms with Gasteiger partial charge in [-0.3, -0.25) is 0 Å². The van der Waals surface area contributed by atoms with Crippen molar-refractivity contribution >= 4 is 21.9 Å². The monoisotopic (exact) mass is 397 g/mol. The van der Waals surface area contributed by atoms with E-state index in [1.807, 2.05) is 10.7 Å². The van der Waals surface area contributed by atoms with Gasteiger partial charge in [-0.05, 0) is 51.6 Å². The molecule has 1 aliphatic rings. The van der Waals surface area contributed by atoms with Gasteiger partial charge in [0.2, 0.25) is 5.95 Å². The molecule has 25 heavy (non-hydrogen) atoms. The van der Waals surface area contributed by atoms with Gasteiger partial charge in [0.15, 0.2) is 0 Å². The van der Waals surface area contributed by atoms with Crippen LogP contribution in [0.3, 0.4) is 0 Å². The Bertz CT molecular complexity index is 872. The van der Waals surface area contributed by atoms with Gasteiger partial charge in [-0.2, -0.15) is 0 Å². The van der Waals surface area contributed by atoms with E-state index in [4.69, 9.17) is 0 Å². The molecular formula is C19H20BrN5. The second-order valence-electron chi connectivity index (χ2n) is 6.77. The molecule has 2 aromatic carbocycles. The van der Waals surface area contributed by atoms with Crippen molar-refractivity contribution in [2.24, 2.45) is 0 Å². The second kappa shape index (κ2) is 6.59. The number of tetrazole rings is 1. The summed E-state index contributed by atoms with van der Waals surface area (Å²) in [6.07, 6.45) is 0.898. The highest BCUT2D eigenvalue weighted by molar-refractivity contribution is 9.10. The van der Waals surface area contributed by atoms with Crippen LogP contribution in [0.4, 0.5) is 5.95 Å². The maximum atomic E-state index is 4.19. The van der Waals surface area contributed by atoms with Gasteiger partial charge in [-0.25, -0.2) is 4.68 Å². The molecule has 128 valence electrons. The van der Waals surface area contributed by atoms with Crippen molar-refractivity contribution < 1.29 is 0 Å². The van der Waals surface area contributed by atoms with E-state index >= 15 is 0 Å². The number of benzene rings is 2. The molecule has 2 heterocycles. The van der Waals surface area contributed by atoms with E-state index in [-0.39, 0.29) is 12.1 Å². The molecule has 4 rings (SSSR count). The molecule has 2 atom stereocenters. The molecule has 0 bridgehead atoms. The van der Waals surface area contributed by atoms with Crippen LogP contribution in [0.15, 0.2) is 53.0 Å². The van der Waals surface area contributed by atoms with Crippen molar-refractivity contribution in [1.82, 2.24) is 20.2 Å². The SMILES string of the molecule is CC(C)c1ccc(C2CC(c3cccc(Br)c3)n3nnnc3N2)cc1. The van der Waals surface area contributed by atoms with Crippen LogP contribution >= 0.6 is 15.9 Å². The summed E-state index contributed by atoms with van der Waals surface area (Å²) in [5.41, 5.74) is 3.82. The fraction of sp³-hybridized carbons (Fsp3) is 0.316. The Labute approximate surface area is 155 Å². The first-order valence-corrected chi connectivity index (χ1v) is 9.31. The standard InChI is InChI=1S/C19H20BrN5/c1-12(2)13-6-8-14(9-7-13)17-11-18(15-4-3-5-16(20)10-15)25-19(21-17)22-23-24-25/h3-10,12,17-18H,11H2,1-2H3,(H,21,22,24). The van der Waals surface area contributed by atoms with Gasteiger partial charge in [-0.15, -0.1) is 0 Å². The maximum Gasteiger partial charge on any atom is 0.243 e. The predicted molar refractivity (Wildman–Crippen MR) is 102 cm³/mol. The van der Waals surface area contributed by atoms with Crippen LogP contribution in [0.2, 0.25) is 0 Å². The highest BCUT2D eigenvalue weighted by atomic mass is 79.9. The zero-order valence-electron chi connectivity index (χ0n) is 14.2. The van der Waals surface area contributed by atoms with E-state index in [0.29, 0.717) is 11.9 Å². The molecule has 3 aromatic rings. The second-order valence-corrected chi connectivity index (χ2v) is 7.69. The van der Waals surface area contributed by atoms with E-state index < -0.39 is 0 Å². The molecule has 0 saturated heterocycles. The van der Waals surface area contributed by atoms with E-state index in [1.54, 1.807) is 0 Å². The van der Waals surface area contributed by atoms with Crippen LogP contribution in [0.5, 0.6) is 0 Å². The Morgan fingerprint density at radius 3 is 2.64 bits per heavy atom. The smallest absolute Gasteiger partial charge is 0.243 e. The van der Waals surface area contributed by atoms with Gasteiger partial charge >= 0.3 is 0 Å². The lowest BCUT2D eigenvalue weighted by molar-refractivity contribution is 0.423. The topological polar surface area (TPSA) is 55.6 Å². The third kappa shape index (κ3) is 3.18. The Morgan fingerprint density at radius 2 is 1.92 bits per heavy atom. The van der Waals surface area contributed by atoms with Gasteiger partial charge in [0.1, 0.15) is 0 Å². The van der Waals surface area contributed by atoms with Gasteiger partial charge in [-0.1, -0.05) is 71.3 Å². The number of nitrogens with one attached hydrogen (secondary N) is 1. The zero-order chi connectivity index (χ0) is 17.4. The molecule has 0 fully saturated rings. The van der Waals surface area contributed by atoms with E-state index in [2.05, 4.69) is 93.1 Å². The summed E-state index contributed by atoms with van der Waals surface area (Å²) < 4.78 is 2.94. The highest BCUT2D eigenvalue weighted by Gasteiger charge is 2.30. The lowest BCUT2D eigenvalue weighted by Gasteiger charge is -2.31. The number of hydrogen-bond donors (Lipinski definition) is 1. The minimum absolute atomic E-state index is 0.110. The molecule has 5 nitrogen and oxygen atoms in total. The summed E-state index contributed by atoms with van der Waals surface area (Å²) in [5, 5.41) is 15.7. The molecule has 0 radical (unpaired) electrons. The maximum absolute atomic E-state index is 4.19. The normalized spacial score (nSPS) is 19.5. The summed E-state index contributed by atoms with van der Waals surface area (Å²) in [5.74, 6) is 1.25. The van der Waals surface area contributed by atoms with Gasteiger partial charge in [0, 0.05) is 4.47 Å². The first kappa shape index (κ1) is 16.3. The summed E-state index contributed by atoms with van der Waals surface area (Å²) in [4.78, 5) is 0. The minimum Gasteiger partial charge on any atom is -0.346 e. The third-order valence-electron chi connectivity index (χ3n) is 4.79. The van der Waals surface area contributed by atoms with Crippen molar-refractivity contribution in [3.05, 3.63) is 69.7 Å². The molecule has 0 aliphatic carbocycles. The molecule has 1 aromatic heterocycles. The largest absolute Gasteiger partial charge is 0.346 e. The van der Waals surface area contributed by atoms with Crippen molar-refractivity contribution in [1.29, 1.82) is 0 Å². The Balaban J connectivity index is 1.68.